The molecular formula is C2H6INPb. The van der Waals surface area contributed by atoms with E-state index in [1.54, 1.807) is 0 Å². The minimum atomic E-state index is -0.231. The Morgan fingerprint density at radius 1 is 1.60 bits per heavy atom. The summed E-state index contributed by atoms with van der Waals surface area (Å²) < 4.78 is 2.31. The van der Waals surface area contributed by atoms with Gasteiger partial charge in [0.15, 0.2) is 0 Å². The van der Waals surface area contributed by atoms with Crippen molar-refractivity contribution in [3.63, 3.8) is 0 Å². The molecule has 0 aromatic heterocycles. The molecule has 0 fully saturated rings. The second-order valence-electron chi connectivity index (χ2n) is 0.979. The van der Waals surface area contributed by atoms with E-state index in [0.717, 1.165) is 0 Å². The van der Waals surface area contributed by atoms with Crippen LogP contribution in [0, 0.1) is 0 Å². The van der Waals surface area contributed by atoms with Crippen LogP contribution in [-0.2, 0) is 0 Å². The van der Waals surface area contributed by atoms with Crippen molar-refractivity contribution in [3.8, 4) is 0 Å². The standard InChI is InChI=1S/C2H6N.HI.Pb/c1-3-2;;/h1-2H3;1H;/q-1;;+2/p-1. The van der Waals surface area contributed by atoms with Crippen molar-refractivity contribution in [2.75, 3.05) is 14.1 Å². The molecule has 0 unspecified atom stereocenters. The summed E-state index contributed by atoms with van der Waals surface area (Å²) in [5, 5.41) is 0. The van der Waals surface area contributed by atoms with E-state index in [1.165, 1.54) is 0 Å². The normalized spacial score (nSPS) is 9.60. The van der Waals surface area contributed by atoms with Gasteiger partial charge < -0.3 is 0 Å². The second-order valence-corrected chi connectivity index (χ2v) is 9.35. The van der Waals surface area contributed by atoms with Crippen molar-refractivity contribution >= 4 is 38.0 Å². The maximum absolute atomic E-state index is 2.50. The number of rotatable bonds is 1. The van der Waals surface area contributed by atoms with Crippen LogP contribution < -0.4 is 0 Å². The molecule has 0 spiro atoms. The quantitative estimate of drug-likeness (QED) is 0.475. The number of hydrogen-bond acceptors (Lipinski definition) is 1. The first-order valence-corrected chi connectivity index (χ1v) is 14.0. The van der Waals surface area contributed by atoms with Gasteiger partial charge in [0.25, 0.3) is 0 Å². The molecule has 0 amide bonds. The third-order valence-electron chi connectivity index (χ3n) is 0.169. The summed E-state index contributed by atoms with van der Waals surface area (Å²) in [6.07, 6.45) is 0. The molecule has 30 valence electrons. The SMILES string of the molecule is C[N](C)[Pb][I]. The molecule has 0 aliphatic rings. The number of halogens is 1. The Kier molecular flexibility index (Phi) is 5.01. The van der Waals surface area contributed by atoms with Crippen LogP contribution in [-0.4, -0.2) is 37.0 Å². The fourth-order valence-corrected chi connectivity index (χ4v) is 0. The van der Waals surface area contributed by atoms with Gasteiger partial charge in [-0.3, -0.25) is 0 Å². The fraction of sp³-hybridized carbons (Fsp3) is 1.00. The first-order chi connectivity index (χ1) is 2.27. The second kappa shape index (κ2) is 3.79. The van der Waals surface area contributed by atoms with Crippen LogP contribution in [0.4, 0.5) is 0 Å². The molecule has 0 aliphatic carbocycles. The monoisotopic (exact) mass is 379 g/mol. The molecule has 0 aromatic carbocycles. The molecule has 1 nitrogen and oxygen atoms in total. The van der Waals surface area contributed by atoms with Gasteiger partial charge in [-0.1, -0.05) is 0 Å². The van der Waals surface area contributed by atoms with Crippen LogP contribution in [0.5, 0.6) is 0 Å². The minimum absolute atomic E-state index is 0.231. The predicted molar refractivity (Wildman–Crippen MR) is 33.5 cm³/mol. The summed E-state index contributed by atoms with van der Waals surface area (Å²) >= 11 is 2.27. The van der Waals surface area contributed by atoms with E-state index in [2.05, 4.69) is 34.6 Å². The topological polar surface area (TPSA) is 3.24 Å². The Bertz CT molecular complexity index is 23.6. The zero-order valence-corrected chi connectivity index (χ0v) is 9.37. The van der Waals surface area contributed by atoms with Crippen LogP contribution >= 0.6 is 17.8 Å². The summed E-state index contributed by atoms with van der Waals surface area (Å²) in [7, 11) is 4.27. The number of nitrogens with zero attached hydrogens (tertiary/aromatic N) is 1. The molecule has 0 saturated carbocycles. The van der Waals surface area contributed by atoms with Gasteiger partial charge in [-0.2, -0.15) is 0 Å². The van der Waals surface area contributed by atoms with E-state index >= 15 is 0 Å². The van der Waals surface area contributed by atoms with Crippen LogP contribution in [0.25, 0.3) is 0 Å². The summed E-state index contributed by atoms with van der Waals surface area (Å²) in [6.45, 7) is 0. The molecule has 0 heterocycles. The van der Waals surface area contributed by atoms with Crippen molar-refractivity contribution in [1.82, 2.24) is 2.71 Å². The van der Waals surface area contributed by atoms with Gasteiger partial charge >= 0.3 is 54.8 Å². The van der Waals surface area contributed by atoms with Gasteiger partial charge in [-0.15, -0.1) is 0 Å². The summed E-state index contributed by atoms with van der Waals surface area (Å²) in [5.74, 6) is 0. The van der Waals surface area contributed by atoms with Crippen molar-refractivity contribution in [2.24, 2.45) is 0 Å². The Morgan fingerprint density at radius 2 is 1.80 bits per heavy atom. The molecule has 3 heteroatoms. The number of hydrogen-bond donors (Lipinski definition) is 0. The molecule has 0 aliphatic heterocycles. The average Bonchev–Trinajstić information content (AvgIpc) is 1.38. The van der Waals surface area contributed by atoms with Crippen molar-refractivity contribution in [1.29, 1.82) is 0 Å². The zero-order chi connectivity index (χ0) is 4.28. The Morgan fingerprint density at radius 3 is 1.80 bits per heavy atom. The molecule has 2 radical (unpaired) electrons. The van der Waals surface area contributed by atoms with Gasteiger partial charge in [0.05, 0.1) is 0 Å². The Balaban J connectivity index is 2.54. The van der Waals surface area contributed by atoms with Crippen molar-refractivity contribution < 1.29 is 0 Å². The van der Waals surface area contributed by atoms with E-state index in [1.807, 2.05) is 0 Å². The molecule has 0 saturated heterocycles. The van der Waals surface area contributed by atoms with Crippen LogP contribution in [0.2, 0.25) is 0 Å². The summed E-state index contributed by atoms with van der Waals surface area (Å²) in [6, 6.07) is 0. The molecule has 0 bridgehead atoms. The van der Waals surface area contributed by atoms with E-state index in [-0.39, 0.29) is 20.2 Å². The maximum atomic E-state index is 2.50. The fourth-order valence-electron chi connectivity index (χ4n) is 0. The molecule has 5 heavy (non-hydrogen) atoms. The van der Waals surface area contributed by atoms with E-state index in [9.17, 15) is 0 Å². The van der Waals surface area contributed by atoms with Crippen LogP contribution in [0.3, 0.4) is 0 Å². The van der Waals surface area contributed by atoms with Crippen molar-refractivity contribution in [2.45, 2.75) is 0 Å². The Hall–Kier alpha value is 1.61. The summed E-state index contributed by atoms with van der Waals surface area (Å²) in [5.41, 5.74) is 0. The molecule has 0 aromatic rings. The third-order valence-corrected chi connectivity index (χ3v) is 9.95. The zero-order valence-electron chi connectivity index (χ0n) is 3.33. The van der Waals surface area contributed by atoms with Gasteiger partial charge in [0, 0.05) is 0 Å². The molecule has 0 rings (SSSR count). The van der Waals surface area contributed by atoms with Crippen LogP contribution in [0.15, 0.2) is 0 Å². The molecular weight excluding hydrogens is 372 g/mol. The predicted octanol–water partition coefficient (Wildman–Crippen LogP) is 0.517. The molecule has 0 atom stereocenters. The first kappa shape index (κ1) is 6.61. The van der Waals surface area contributed by atoms with Crippen LogP contribution in [0.1, 0.15) is 0 Å². The van der Waals surface area contributed by atoms with E-state index in [4.69, 9.17) is 0 Å². The van der Waals surface area contributed by atoms with Gasteiger partial charge in [-0.25, -0.2) is 0 Å². The van der Waals surface area contributed by atoms with Gasteiger partial charge in [0.1, 0.15) is 0 Å². The van der Waals surface area contributed by atoms with Crippen molar-refractivity contribution in [3.05, 3.63) is 0 Å². The van der Waals surface area contributed by atoms with E-state index in [0.29, 0.717) is 0 Å². The molecule has 0 N–H and O–H groups in total. The average molecular weight is 378 g/mol. The summed E-state index contributed by atoms with van der Waals surface area (Å²) in [4.78, 5) is 0. The first-order valence-electron chi connectivity index (χ1n) is 1.31. The van der Waals surface area contributed by atoms with E-state index < -0.39 is 0 Å². The Labute approximate surface area is 54.2 Å². The van der Waals surface area contributed by atoms with Gasteiger partial charge in [0.2, 0.25) is 0 Å². The van der Waals surface area contributed by atoms with Gasteiger partial charge in [-0.05, 0) is 0 Å². The third kappa shape index (κ3) is 5.61.